The molecule has 1 amide bonds. The van der Waals surface area contributed by atoms with E-state index in [4.69, 9.17) is 16.3 Å². The quantitative estimate of drug-likeness (QED) is 0.826. The number of aliphatic carboxylic acids is 1. The number of fused-ring (bicyclic) bond motifs is 1. The molecule has 0 aliphatic carbocycles. The van der Waals surface area contributed by atoms with Gasteiger partial charge in [-0.3, -0.25) is 4.79 Å². The normalized spacial score (nSPS) is 18.4. The van der Waals surface area contributed by atoms with Crippen molar-refractivity contribution in [1.29, 1.82) is 0 Å². The van der Waals surface area contributed by atoms with Gasteiger partial charge in [0.05, 0.1) is 5.02 Å². The number of carbonyl (C=O) groups is 2. The summed E-state index contributed by atoms with van der Waals surface area (Å²) in [5, 5.41) is 13.3. The van der Waals surface area contributed by atoms with Crippen LogP contribution in [0.5, 0.6) is 0 Å². The molecule has 2 N–H and O–H groups in total. The van der Waals surface area contributed by atoms with Crippen molar-refractivity contribution >= 4 is 44.9 Å². The molecule has 0 bridgehead atoms. The lowest BCUT2D eigenvalue weighted by molar-refractivity contribution is -0.139. The van der Waals surface area contributed by atoms with Gasteiger partial charge < -0.3 is 15.2 Å². The molecule has 2 atom stereocenters. The highest BCUT2D eigenvalue weighted by Gasteiger charge is 2.28. The monoisotopic (exact) mass is 381 g/mol. The van der Waals surface area contributed by atoms with Crippen LogP contribution in [0.3, 0.4) is 0 Å². The van der Waals surface area contributed by atoms with Gasteiger partial charge in [0.2, 0.25) is 0 Å². The van der Waals surface area contributed by atoms with Gasteiger partial charge in [0.1, 0.15) is 10.9 Å². The van der Waals surface area contributed by atoms with Crippen molar-refractivity contribution in [2.45, 2.75) is 32.7 Å². The van der Waals surface area contributed by atoms with E-state index < -0.39 is 17.9 Å². The van der Waals surface area contributed by atoms with Crippen LogP contribution < -0.4 is 5.32 Å². The Balaban J connectivity index is 1.84. The molecule has 1 aromatic heterocycles. The van der Waals surface area contributed by atoms with Crippen molar-refractivity contribution in [3.63, 3.8) is 0 Å². The molecule has 0 radical (unpaired) electrons. The Morgan fingerprint density at radius 1 is 1.44 bits per heavy atom. The molecule has 5 nitrogen and oxygen atoms in total. The standard InChI is InChI=1S/C18H20ClNO4S/c1-9-5-10(2)14-13(6-9)25-16(15(14)19)17(21)20-12(18(22)23)7-11-3-4-24-8-11/h5-6,11-12H,3-4,7-8H2,1-2H3,(H,20,21)(H,22,23). The van der Waals surface area contributed by atoms with Crippen molar-refractivity contribution in [2.24, 2.45) is 5.92 Å². The molecule has 1 saturated heterocycles. The molecule has 7 heteroatoms. The highest BCUT2D eigenvalue weighted by molar-refractivity contribution is 7.21. The average molecular weight is 382 g/mol. The van der Waals surface area contributed by atoms with E-state index in [0.29, 0.717) is 29.5 Å². The first-order valence-electron chi connectivity index (χ1n) is 8.17. The van der Waals surface area contributed by atoms with Crippen LogP contribution in [0.25, 0.3) is 10.1 Å². The summed E-state index contributed by atoms with van der Waals surface area (Å²) in [5.74, 6) is -1.32. The zero-order chi connectivity index (χ0) is 18.1. The van der Waals surface area contributed by atoms with Crippen molar-refractivity contribution in [2.75, 3.05) is 13.2 Å². The lowest BCUT2D eigenvalue weighted by Gasteiger charge is -2.17. The minimum absolute atomic E-state index is 0.157. The predicted octanol–water partition coefficient (Wildman–Crippen LogP) is 3.78. The Kier molecular flexibility index (Phi) is 5.32. The van der Waals surface area contributed by atoms with Crippen LogP contribution >= 0.6 is 22.9 Å². The molecular formula is C18H20ClNO4S. The van der Waals surface area contributed by atoms with E-state index in [9.17, 15) is 14.7 Å². The minimum Gasteiger partial charge on any atom is -0.480 e. The molecule has 0 saturated carbocycles. The topological polar surface area (TPSA) is 75.6 Å². The van der Waals surface area contributed by atoms with Crippen LogP contribution in [0.2, 0.25) is 5.02 Å². The third kappa shape index (κ3) is 3.81. The molecule has 25 heavy (non-hydrogen) atoms. The number of hydrogen-bond donors (Lipinski definition) is 2. The smallest absolute Gasteiger partial charge is 0.326 e. The summed E-state index contributed by atoms with van der Waals surface area (Å²) in [6.45, 7) is 5.13. The Labute approximate surface area is 154 Å². The van der Waals surface area contributed by atoms with Gasteiger partial charge in [0.15, 0.2) is 0 Å². The summed E-state index contributed by atoms with van der Waals surface area (Å²) in [6.07, 6.45) is 1.18. The number of nitrogens with one attached hydrogen (secondary N) is 1. The zero-order valence-corrected chi connectivity index (χ0v) is 15.7. The number of carboxylic acid groups (broad SMARTS) is 1. The third-order valence-electron chi connectivity index (χ3n) is 4.48. The van der Waals surface area contributed by atoms with Gasteiger partial charge in [-0.15, -0.1) is 11.3 Å². The summed E-state index contributed by atoms with van der Waals surface area (Å²) < 4.78 is 6.22. The van der Waals surface area contributed by atoms with Crippen molar-refractivity contribution in [3.8, 4) is 0 Å². The van der Waals surface area contributed by atoms with Gasteiger partial charge in [-0.05, 0) is 49.8 Å². The van der Waals surface area contributed by atoms with Crippen LogP contribution in [-0.2, 0) is 9.53 Å². The Morgan fingerprint density at radius 3 is 2.84 bits per heavy atom. The molecule has 2 aromatic rings. The number of rotatable bonds is 5. The van der Waals surface area contributed by atoms with Crippen LogP contribution in [0.4, 0.5) is 0 Å². The van der Waals surface area contributed by atoms with Crippen molar-refractivity contribution in [1.82, 2.24) is 5.32 Å². The molecule has 0 spiro atoms. The molecular weight excluding hydrogens is 362 g/mol. The lowest BCUT2D eigenvalue weighted by atomic mass is 9.99. The van der Waals surface area contributed by atoms with E-state index in [-0.39, 0.29) is 5.92 Å². The second kappa shape index (κ2) is 7.32. The third-order valence-corrected chi connectivity index (χ3v) is 6.10. The van der Waals surface area contributed by atoms with Gasteiger partial charge in [0.25, 0.3) is 5.91 Å². The number of ether oxygens (including phenoxy) is 1. The number of carboxylic acids is 1. The van der Waals surface area contributed by atoms with E-state index in [1.54, 1.807) is 0 Å². The Morgan fingerprint density at radius 2 is 2.20 bits per heavy atom. The average Bonchev–Trinajstić information content (AvgIpc) is 3.14. The predicted molar refractivity (Wildman–Crippen MR) is 98.7 cm³/mol. The molecule has 1 aromatic carbocycles. The molecule has 2 heterocycles. The van der Waals surface area contributed by atoms with Crippen molar-refractivity contribution in [3.05, 3.63) is 33.2 Å². The Hall–Kier alpha value is -1.63. The SMILES string of the molecule is Cc1cc(C)c2c(Cl)c(C(=O)NC(CC3CCOC3)C(=O)O)sc2c1. The summed E-state index contributed by atoms with van der Waals surface area (Å²) in [4.78, 5) is 24.5. The fourth-order valence-electron chi connectivity index (χ4n) is 3.25. The summed E-state index contributed by atoms with van der Waals surface area (Å²) >= 11 is 7.72. The number of thiophene rings is 1. The number of aryl methyl sites for hydroxylation is 2. The number of amides is 1. The van der Waals surface area contributed by atoms with Gasteiger partial charge in [0, 0.05) is 23.3 Å². The maximum Gasteiger partial charge on any atom is 0.326 e. The van der Waals surface area contributed by atoms with Gasteiger partial charge in [-0.25, -0.2) is 4.79 Å². The molecule has 1 aliphatic heterocycles. The molecule has 1 aliphatic rings. The van der Waals surface area contributed by atoms with E-state index in [1.165, 1.54) is 11.3 Å². The molecule has 1 fully saturated rings. The van der Waals surface area contributed by atoms with Crippen LogP contribution in [-0.4, -0.2) is 36.2 Å². The number of hydrogen-bond acceptors (Lipinski definition) is 4. The number of halogens is 1. The fourth-order valence-corrected chi connectivity index (χ4v) is 4.93. The van der Waals surface area contributed by atoms with E-state index >= 15 is 0 Å². The second-order valence-electron chi connectivity index (χ2n) is 6.53. The van der Waals surface area contributed by atoms with Gasteiger partial charge in [-0.1, -0.05) is 17.7 Å². The highest BCUT2D eigenvalue weighted by atomic mass is 35.5. The second-order valence-corrected chi connectivity index (χ2v) is 7.96. The van der Waals surface area contributed by atoms with Gasteiger partial charge >= 0.3 is 5.97 Å². The highest BCUT2D eigenvalue weighted by Crippen LogP contribution is 2.38. The first-order valence-corrected chi connectivity index (χ1v) is 9.37. The maximum absolute atomic E-state index is 12.6. The van der Waals surface area contributed by atoms with E-state index in [0.717, 1.165) is 27.6 Å². The van der Waals surface area contributed by atoms with Gasteiger partial charge in [-0.2, -0.15) is 0 Å². The number of benzene rings is 1. The fraction of sp³-hybridized carbons (Fsp3) is 0.444. The minimum atomic E-state index is -1.04. The summed E-state index contributed by atoms with van der Waals surface area (Å²) in [7, 11) is 0. The van der Waals surface area contributed by atoms with E-state index in [1.807, 2.05) is 26.0 Å². The largest absolute Gasteiger partial charge is 0.480 e. The summed E-state index contributed by atoms with van der Waals surface area (Å²) in [6, 6.07) is 3.06. The summed E-state index contributed by atoms with van der Waals surface area (Å²) in [5.41, 5.74) is 2.10. The first kappa shape index (κ1) is 18.2. The lowest BCUT2D eigenvalue weighted by Crippen LogP contribution is -2.42. The van der Waals surface area contributed by atoms with Crippen LogP contribution in [0.1, 0.15) is 33.6 Å². The maximum atomic E-state index is 12.6. The van der Waals surface area contributed by atoms with Crippen LogP contribution in [0, 0.1) is 19.8 Å². The Bertz CT molecular complexity index is 826. The molecule has 134 valence electrons. The zero-order valence-electron chi connectivity index (χ0n) is 14.1. The van der Waals surface area contributed by atoms with E-state index in [2.05, 4.69) is 5.32 Å². The molecule has 2 unspecified atom stereocenters. The van der Waals surface area contributed by atoms with Crippen LogP contribution in [0.15, 0.2) is 12.1 Å². The molecule has 3 rings (SSSR count). The van der Waals surface area contributed by atoms with Crippen molar-refractivity contribution < 1.29 is 19.4 Å². The number of carbonyl (C=O) groups excluding carboxylic acids is 1. The first-order chi connectivity index (χ1) is 11.9.